The third kappa shape index (κ3) is 4.91. The predicted molar refractivity (Wildman–Crippen MR) is 106 cm³/mol. The number of aliphatic imine (C=N–C) groups is 1. The molecule has 0 amide bonds. The summed E-state index contributed by atoms with van der Waals surface area (Å²) < 4.78 is 11.0. The molecule has 25 heavy (non-hydrogen) atoms. The highest BCUT2D eigenvalue weighted by atomic mass is 127. The van der Waals surface area contributed by atoms with Gasteiger partial charge in [-0.3, -0.25) is 4.99 Å². The molecule has 2 aromatic rings. The van der Waals surface area contributed by atoms with Gasteiger partial charge in [0.25, 0.3) is 0 Å². The summed E-state index contributed by atoms with van der Waals surface area (Å²) in [6.45, 7) is 6.60. The van der Waals surface area contributed by atoms with Gasteiger partial charge in [-0.2, -0.15) is 4.98 Å². The smallest absolute Gasteiger partial charge is 0.223 e. The summed E-state index contributed by atoms with van der Waals surface area (Å²) in [5, 5.41) is 7.19. The fourth-order valence-electron chi connectivity index (χ4n) is 2.88. The molecule has 0 radical (unpaired) electrons. The molecule has 0 aliphatic carbocycles. The number of hydrogen-bond acceptors (Lipinski definition) is 5. The molecule has 136 valence electrons. The van der Waals surface area contributed by atoms with Gasteiger partial charge in [-0.05, 0) is 18.1 Å². The Labute approximate surface area is 164 Å². The molecule has 7 nitrogen and oxygen atoms in total. The lowest BCUT2D eigenvalue weighted by molar-refractivity contribution is -0.00835. The number of morpholine rings is 1. The van der Waals surface area contributed by atoms with Crippen molar-refractivity contribution in [1.82, 2.24) is 20.4 Å². The molecule has 1 aromatic carbocycles. The summed E-state index contributed by atoms with van der Waals surface area (Å²) in [5.74, 6) is 2.00. The molecule has 1 aromatic heterocycles. The van der Waals surface area contributed by atoms with Gasteiger partial charge < -0.3 is 19.5 Å². The SMILES string of the molecule is CN=C(NCc1noc(C)n1)N1CCOC(c2ccccc2C)C1.I. The number of halogens is 1. The van der Waals surface area contributed by atoms with Gasteiger partial charge in [-0.15, -0.1) is 24.0 Å². The lowest BCUT2D eigenvalue weighted by Gasteiger charge is -2.35. The fourth-order valence-corrected chi connectivity index (χ4v) is 2.88. The monoisotopic (exact) mass is 457 g/mol. The number of aryl methyl sites for hydroxylation is 2. The Balaban J connectivity index is 0.00000225. The van der Waals surface area contributed by atoms with E-state index in [9.17, 15) is 0 Å². The van der Waals surface area contributed by atoms with Crippen molar-refractivity contribution in [2.75, 3.05) is 26.7 Å². The first-order valence-corrected chi connectivity index (χ1v) is 8.09. The molecule has 0 spiro atoms. The largest absolute Gasteiger partial charge is 0.370 e. The van der Waals surface area contributed by atoms with Crippen molar-refractivity contribution in [3.8, 4) is 0 Å². The Morgan fingerprint density at radius 2 is 2.16 bits per heavy atom. The Morgan fingerprint density at radius 1 is 1.36 bits per heavy atom. The molecule has 0 saturated carbocycles. The van der Waals surface area contributed by atoms with Crippen LogP contribution in [0.15, 0.2) is 33.8 Å². The maximum Gasteiger partial charge on any atom is 0.223 e. The molecule has 2 heterocycles. The van der Waals surface area contributed by atoms with E-state index >= 15 is 0 Å². The van der Waals surface area contributed by atoms with Crippen LogP contribution in [0.2, 0.25) is 0 Å². The van der Waals surface area contributed by atoms with E-state index in [0.717, 1.165) is 19.0 Å². The highest BCUT2D eigenvalue weighted by molar-refractivity contribution is 14.0. The highest BCUT2D eigenvalue weighted by Gasteiger charge is 2.25. The van der Waals surface area contributed by atoms with Crippen LogP contribution >= 0.6 is 24.0 Å². The number of guanidine groups is 1. The van der Waals surface area contributed by atoms with Crippen LogP contribution in [0.1, 0.15) is 28.9 Å². The van der Waals surface area contributed by atoms with Crippen LogP contribution in [0.25, 0.3) is 0 Å². The Kier molecular flexibility index (Phi) is 7.18. The molecule has 1 aliphatic heterocycles. The van der Waals surface area contributed by atoms with Crippen LogP contribution < -0.4 is 5.32 Å². The predicted octanol–water partition coefficient (Wildman–Crippen LogP) is 2.45. The number of rotatable bonds is 3. The molecule has 1 atom stereocenters. The number of ether oxygens (including phenoxy) is 1. The minimum absolute atomic E-state index is 0. The van der Waals surface area contributed by atoms with Gasteiger partial charge in [0.05, 0.1) is 19.7 Å². The number of nitrogens with zero attached hydrogens (tertiary/aromatic N) is 4. The molecule has 1 unspecified atom stereocenters. The van der Waals surface area contributed by atoms with E-state index in [1.165, 1.54) is 11.1 Å². The number of nitrogens with one attached hydrogen (secondary N) is 1. The molecule has 0 bridgehead atoms. The minimum atomic E-state index is 0. The van der Waals surface area contributed by atoms with Gasteiger partial charge in [-0.25, -0.2) is 0 Å². The lowest BCUT2D eigenvalue weighted by atomic mass is 10.0. The summed E-state index contributed by atoms with van der Waals surface area (Å²) in [4.78, 5) is 10.8. The molecular formula is C17H24IN5O2. The lowest BCUT2D eigenvalue weighted by Crippen LogP contribution is -2.48. The van der Waals surface area contributed by atoms with E-state index in [1.807, 2.05) is 6.07 Å². The maximum atomic E-state index is 5.97. The molecule has 8 heteroatoms. The Morgan fingerprint density at radius 3 is 2.84 bits per heavy atom. The zero-order chi connectivity index (χ0) is 16.9. The second-order valence-corrected chi connectivity index (χ2v) is 5.79. The van der Waals surface area contributed by atoms with Crippen LogP contribution in [0.5, 0.6) is 0 Å². The van der Waals surface area contributed by atoms with Gasteiger partial charge >= 0.3 is 0 Å². The van der Waals surface area contributed by atoms with E-state index in [1.54, 1.807) is 14.0 Å². The van der Waals surface area contributed by atoms with E-state index in [-0.39, 0.29) is 30.1 Å². The van der Waals surface area contributed by atoms with Crippen molar-refractivity contribution in [1.29, 1.82) is 0 Å². The van der Waals surface area contributed by atoms with E-state index in [4.69, 9.17) is 9.26 Å². The van der Waals surface area contributed by atoms with Gasteiger partial charge in [-0.1, -0.05) is 29.4 Å². The van der Waals surface area contributed by atoms with Crippen molar-refractivity contribution in [2.45, 2.75) is 26.5 Å². The van der Waals surface area contributed by atoms with Crippen molar-refractivity contribution in [2.24, 2.45) is 4.99 Å². The average Bonchev–Trinajstić information content (AvgIpc) is 3.01. The fraction of sp³-hybridized carbons (Fsp3) is 0.471. The highest BCUT2D eigenvalue weighted by Crippen LogP contribution is 2.24. The molecule has 1 aliphatic rings. The average molecular weight is 457 g/mol. The zero-order valence-electron chi connectivity index (χ0n) is 14.7. The number of benzene rings is 1. The minimum Gasteiger partial charge on any atom is -0.370 e. The second-order valence-electron chi connectivity index (χ2n) is 5.79. The first-order chi connectivity index (χ1) is 11.7. The van der Waals surface area contributed by atoms with Crippen LogP contribution in [0, 0.1) is 13.8 Å². The summed E-state index contributed by atoms with van der Waals surface area (Å²) in [5.41, 5.74) is 2.47. The standard InChI is InChI=1S/C17H23N5O2.HI/c1-12-6-4-5-7-14(12)15-11-22(8-9-23-15)17(18-3)19-10-16-20-13(2)24-21-16;/h4-7,15H,8-11H2,1-3H3,(H,18,19);1H. The van der Waals surface area contributed by atoms with Crippen LogP contribution in [0.3, 0.4) is 0 Å². The number of hydrogen-bond donors (Lipinski definition) is 1. The molecule has 1 fully saturated rings. The van der Waals surface area contributed by atoms with Gasteiger partial charge in [0.15, 0.2) is 11.8 Å². The van der Waals surface area contributed by atoms with E-state index < -0.39 is 0 Å². The Hall–Kier alpha value is -1.68. The third-order valence-corrected chi connectivity index (χ3v) is 4.09. The topological polar surface area (TPSA) is 75.8 Å². The third-order valence-electron chi connectivity index (χ3n) is 4.09. The van der Waals surface area contributed by atoms with E-state index in [0.29, 0.717) is 24.9 Å². The van der Waals surface area contributed by atoms with Crippen molar-refractivity contribution in [3.05, 3.63) is 47.1 Å². The first-order valence-electron chi connectivity index (χ1n) is 8.09. The van der Waals surface area contributed by atoms with Gasteiger partial charge in [0.2, 0.25) is 5.89 Å². The van der Waals surface area contributed by atoms with Gasteiger partial charge in [0.1, 0.15) is 6.10 Å². The molecule has 1 saturated heterocycles. The first kappa shape index (κ1) is 19.6. The van der Waals surface area contributed by atoms with Crippen molar-refractivity contribution < 1.29 is 9.26 Å². The zero-order valence-corrected chi connectivity index (χ0v) is 17.1. The van der Waals surface area contributed by atoms with E-state index in [2.05, 4.69) is 50.5 Å². The molecule has 3 rings (SSSR count). The van der Waals surface area contributed by atoms with Crippen molar-refractivity contribution >= 4 is 29.9 Å². The molecule has 1 N–H and O–H groups in total. The second kappa shape index (κ2) is 9.14. The molecular weight excluding hydrogens is 433 g/mol. The normalized spacial score (nSPS) is 18.0. The maximum absolute atomic E-state index is 5.97. The van der Waals surface area contributed by atoms with Crippen LogP contribution in [0.4, 0.5) is 0 Å². The Bertz CT molecular complexity index is 719. The number of aromatic nitrogens is 2. The van der Waals surface area contributed by atoms with Crippen LogP contribution in [-0.2, 0) is 11.3 Å². The summed E-state index contributed by atoms with van der Waals surface area (Å²) in [7, 11) is 1.78. The summed E-state index contributed by atoms with van der Waals surface area (Å²) in [6, 6.07) is 8.34. The van der Waals surface area contributed by atoms with Crippen molar-refractivity contribution in [3.63, 3.8) is 0 Å². The quantitative estimate of drug-likeness (QED) is 0.434. The summed E-state index contributed by atoms with van der Waals surface area (Å²) >= 11 is 0. The summed E-state index contributed by atoms with van der Waals surface area (Å²) in [6.07, 6.45) is 0.0471. The van der Waals surface area contributed by atoms with Gasteiger partial charge in [0, 0.05) is 20.5 Å². The van der Waals surface area contributed by atoms with Crippen LogP contribution in [-0.4, -0.2) is 47.7 Å².